The first-order valence-electron chi connectivity index (χ1n) is 5.20. The lowest BCUT2D eigenvalue weighted by atomic mass is 9.96. The molecule has 1 aliphatic rings. The fraction of sp³-hybridized carbons (Fsp3) is 0.417. The molecule has 2 N–H and O–H groups in total. The minimum Gasteiger partial charge on any atom is -0.508 e. The molecule has 0 spiro atoms. The van der Waals surface area contributed by atoms with E-state index in [1.807, 2.05) is 6.07 Å². The Morgan fingerprint density at radius 3 is 3.00 bits per heavy atom. The highest BCUT2D eigenvalue weighted by Crippen LogP contribution is 2.37. The third-order valence-corrected chi connectivity index (χ3v) is 3.04. The van der Waals surface area contributed by atoms with Gasteiger partial charge in [-0.25, -0.2) is 0 Å². The van der Waals surface area contributed by atoms with Crippen molar-refractivity contribution >= 4 is 5.97 Å². The largest absolute Gasteiger partial charge is 0.508 e. The third kappa shape index (κ3) is 2.12. The average molecular weight is 206 g/mol. The molecule has 1 aliphatic carbocycles. The Hall–Kier alpha value is -1.51. The molecule has 3 heteroatoms. The molecule has 0 saturated heterocycles. The second kappa shape index (κ2) is 3.93. The average Bonchev–Trinajstić information content (AvgIpc) is 2.57. The van der Waals surface area contributed by atoms with Gasteiger partial charge in [-0.2, -0.15) is 0 Å². The monoisotopic (exact) mass is 206 g/mol. The van der Waals surface area contributed by atoms with Gasteiger partial charge in [-0.05, 0) is 48.4 Å². The van der Waals surface area contributed by atoms with Crippen molar-refractivity contribution in [2.45, 2.75) is 31.6 Å². The molecule has 1 aromatic carbocycles. The van der Waals surface area contributed by atoms with E-state index in [0.29, 0.717) is 18.1 Å². The summed E-state index contributed by atoms with van der Waals surface area (Å²) in [6, 6.07) is 5.39. The molecule has 0 bridgehead atoms. The Bertz CT molecular complexity index is 384. The van der Waals surface area contributed by atoms with Gasteiger partial charge < -0.3 is 10.2 Å². The number of hydrogen-bond donors (Lipinski definition) is 2. The van der Waals surface area contributed by atoms with Crippen LogP contribution < -0.4 is 0 Å². The Morgan fingerprint density at radius 1 is 1.47 bits per heavy atom. The second-order valence-corrected chi connectivity index (χ2v) is 4.05. The maximum Gasteiger partial charge on any atom is 0.303 e. The van der Waals surface area contributed by atoms with Crippen molar-refractivity contribution in [2.75, 3.05) is 0 Å². The van der Waals surface area contributed by atoms with E-state index in [9.17, 15) is 9.90 Å². The summed E-state index contributed by atoms with van der Waals surface area (Å²) >= 11 is 0. The summed E-state index contributed by atoms with van der Waals surface area (Å²) in [4.78, 5) is 10.5. The molecule has 0 saturated carbocycles. The molecule has 1 atom stereocenters. The SMILES string of the molecule is O=C(O)CCC1CCc2cc(O)ccc21. The van der Waals surface area contributed by atoms with E-state index in [4.69, 9.17) is 5.11 Å². The van der Waals surface area contributed by atoms with Crippen LogP contribution in [0.25, 0.3) is 0 Å². The smallest absolute Gasteiger partial charge is 0.303 e. The molecule has 15 heavy (non-hydrogen) atoms. The third-order valence-electron chi connectivity index (χ3n) is 3.04. The highest BCUT2D eigenvalue weighted by Gasteiger charge is 2.22. The van der Waals surface area contributed by atoms with Crippen LogP contribution in [0.5, 0.6) is 5.75 Å². The van der Waals surface area contributed by atoms with E-state index in [0.717, 1.165) is 12.8 Å². The quantitative estimate of drug-likeness (QED) is 0.797. The van der Waals surface area contributed by atoms with Crippen molar-refractivity contribution in [3.63, 3.8) is 0 Å². The van der Waals surface area contributed by atoms with Crippen molar-refractivity contribution < 1.29 is 15.0 Å². The van der Waals surface area contributed by atoms with Crippen molar-refractivity contribution in [1.29, 1.82) is 0 Å². The Labute approximate surface area is 88.4 Å². The molecule has 0 aromatic heterocycles. The van der Waals surface area contributed by atoms with Gasteiger partial charge >= 0.3 is 5.97 Å². The number of carbonyl (C=O) groups is 1. The number of carboxylic acid groups (broad SMARTS) is 1. The van der Waals surface area contributed by atoms with Crippen LogP contribution in [0.3, 0.4) is 0 Å². The lowest BCUT2D eigenvalue weighted by Gasteiger charge is -2.09. The van der Waals surface area contributed by atoms with E-state index < -0.39 is 5.97 Å². The topological polar surface area (TPSA) is 57.5 Å². The number of phenolic OH excluding ortho intramolecular Hbond substituents is 1. The molecular weight excluding hydrogens is 192 g/mol. The molecule has 0 radical (unpaired) electrons. The van der Waals surface area contributed by atoms with Crippen molar-refractivity contribution in [2.24, 2.45) is 0 Å². The summed E-state index contributed by atoms with van der Waals surface area (Å²) in [5.41, 5.74) is 2.39. The molecular formula is C12H14O3. The van der Waals surface area contributed by atoms with Crippen LogP contribution in [0.15, 0.2) is 18.2 Å². The fourth-order valence-electron chi connectivity index (χ4n) is 2.29. The van der Waals surface area contributed by atoms with Gasteiger partial charge in [0.15, 0.2) is 0 Å². The summed E-state index contributed by atoms with van der Waals surface area (Å²) in [6.07, 6.45) is 2.89. The Balaban J connectivity index is 2.11. The Kier molecular flexibility index (Phi) is 2.62. The molecule has 0 amide bonds. The minimum absolute atomic E-state index is 0.227. The summed E-state index contributed by atoms with van der Waals surface area (Å²) in [6.45, 7) is 0. The van der Waals surface area contributed by atoms with Crippen LogP contribution >= 0.6 is 0 Å². The van der Waals surface area contributed by atoms with Gasteiger partial charge in [-0.3, -0.25) is 4.79 Å². The van der Waals surface area contributed by atoms with Gasteiger partial charge in [0.2, 0.25) is 0 Å². The lowest BCUT2D eigenvalue weighted by Crippen LogP contribution is -2.00. The standard InChI is InChI=1S/C12H14O3/c13-10-4-5-11-8(3-6-12(14)15)1-2-9(11)7-10/h4-5,7-8,13H,1-3,6H2,(H,14,15). The zero-order chi connectivity index (χ0) is 10.8. The minimum atomic E-state index is -0.734. The van der Waals surface area contributed by atoms with E-state index in [1.165, 1.54) is 11.1 Å². The summed E-state index contributed by atoms with van der Waals surface area (Å²) in [5, 5.41) is 17.9. The normalized spacial score (nSPS) is 18.8. The molecule has 2 rings (SSSR count). The summed E-state index contributed by atoms with van der Waals surface area (Å²) < 4.78 is 0. The molecule has 0 heterocycles. The first-order valence-corrected chi connectivity index (χ1v) is 5.20. The predicted octanol–water partition coefficient (Wildman–Crippen LogP) is 2.29. The molecule has 1 unspecified atom stereocenters. The fourth-order valence-corrected chi connectivity index (χ4v) is 2.29. The highest BCUT2D eigenvalue weighted by molar-refractivity contribution is 5.66. The van der Waals surface area contributed by atoms with Gasteiger partial charge in [0, 0.05) is 6.42 Å². The van der Waals surface area contributed by atoms with E-state index in [1.54, 1.807) is 12.1 Å². The van der Waals surface area contributed by atoms with Gasteiger partial charge in [0.25, 0.3) is 0 Å². The van der Waals surface area contributed by atoms with Gasteiger partial charge in [0.05, 0.1) is 0 Å². The zero-order valence-corrected chi connectivity index (χ0v) is 8.44. The van der Waals surface area contributed by atoms with Gasteiger partial charge in [-0.1, -0.05) is 6.07 Å². The van der Waals surface area contributed by atoms with Crippen molar-refractivity contribution in [3.05, 3.63) is 29.3 Å². The highest BCUT2D eigenvalue weighted by atomic mass is 16.4. The number of carboxylic acids is 1. The van der Waals surface area contributed by atoms with Crippen LogP contribution in [0.4, 0.5) is 0 Å². The number of fused-ring (bicyclic) bond motifs is 1. The Morgan fingerprint density at radius 2 is 2.27 bits per heavy atom. The van der Waals surface area contributed by atoms with Crippen LogP contribution in [0, 0.1) is 0 Å². The number of benzene rings is 1. The number of aromatic hydroxyl groups is 1. The van der Waals surface area contributed by atoms with Crippen molar-refractivity contribution in [1.82, 2.24) is 0 Å². The van der Waals surface area contributed by atoms with Gasteiger partial charge in [0.1, 0.15) is 5.75 Å². The van der Waals surface area contributed by atoms with Crippen molar-refractivity contribution in [3.8, 4) is 5.75 Å². The lowest BCUT2D eigenvalue weighted by molar-refractivity contribution is -0.137. The number of aliphatic carboxylic acids is 1. The maximum atomic E-state index is 10.5. The van der Waals surface area contributed by atoms with Crippen LogP contribution in [0.1, 0.15) is 36.3 Å². The van der Waals surface area contributed by atoms with E-state index in [-0.39, 0.29) is 6.42 Å². The first kappa shape index (κ1) is 10.0. The zero-order valence-electron chi connectivity index (χ0n) is 8.44. The molecule has 0 aliphatic heterocycles. The molecule has 3 nitrogen and oxygen atoms in total. The van der Waals surface area contributed by atoms with Crippen LogP contribution in [0.2, 0.25) is 0 Å². The molecule has 1 aromatic rings. The number of hydrogen-bond acceptors (Lipinski definition) is 2. The number of rotatable bonds is 3. The summed E-state index contributed by atoms with van der Waals surface area (Å²) in [7, 11) is 0. The maximum absolute atomic E-state index is 10.5. The van der Waals surface area contributed by atoms with E-state index in [2.05, 4.69) is 0 Å². The van der Waals surface area contributed by atoms with Crippen LogP contribution in [-0.2, 0) is 11.2 Å². The van der Waals surface area contributed by atoms with E-state index >= 15 is 0 Å². The van der Waals surface area contributed by atoms with Crippen LogP contribution in [-0.4, -0.2) is 16.2 Å². The molecule has 80 valence electrons. The summed E-state index contributed by atoms with van der Waals surface area (Å²) in [5.74, 6) is -0.0773. The number of aryl methyl sites for hydroxylation is 1. The van der Waals surface area contributed by atoms with Gasteiger partial charge in [-0.15, -0.1) is 0 Å². The second-order valence-electron chi connectivity index (χ2n) is 4.05. The number of phenols is 1. The first-order chi connectivity index (χ1) is 7.16. The molecule has 0 fully saturated rings. The predicted molar refractivity (Wildman–Crippen MR) is 56.0 cm³/mol.